The number of piperidine rings is 1. The zero-order valence-corrected chi connectivity index (χ0v) is 58.2. The Hall–Kier alpha value is -6.30. The number of amides is 2. The number of nitrogens with one attached hydrogen (secondary N) is 3. The molecule has 31 heteroatoms. The molecule has 542 valence electrons. The third kappa shape index (κ3) is 14.2. The number of likely N-dealkylation sites (N-methyl/N-ethyl adjacent to an activating group) is 1. The number of H-pyrrole nitrogens is 1. The lowest BCUT2D eigenvalue weighted by molar-refractivity contribution is -0.314. The van der Waals surface area contributed by atoms with E-state index < -0.39 is 137 Å². The molecule has 6 aliphatic heterocycles. The van der Waals surface area contributed by atoms with Crippen LogP contribution in [-0.2, 0) is 72.8 Å². The standard InChI is InChI=1S/C68H93N9O20S2/c1-7-13-51(80)70-46(28-39-34-77(73-72-39)22-23-94-60-55(83)53(81)54(82)57(96-60)59(86)87)48(78)27-38(58(84)85)35-99-98-25-24-95-64(89)69-32-50(79)68(91)62-67(18-21-76-19-12-17-66(9-3,61(67)76)63(68)88)44-29-42(49(92-5)30-47(44)74(62)4)56(97-93-6)43-26-37-31-65(90,8-2)36-75(33-37)20-16-41-40-14-10-11-15-45(40)71-52(41)43/h10-12,14-15,17,29-30,34,37-38,43,46,53-57,60-63,71,81-83,88,90-91H,7-9,13,16,18-28,31-33,35-36H2,1-6H3,(H,69,89)(H,70,80)(H,84,85)(H,86,87)/t37-,38+,43+,46-,53-,54?,55-,56?,57?,60?,61-,62+,63+,65-,66+,67+,68-/m0/s1. The number of carboxylic acids is 2. The number of hydrogen-bond donors (Lipinski definition) is 11. The van der Waals surface area contributed by atoms with Gasteiger partial charge in [-0.05, 0) is 80.7 Å². The van der Waals surface area contributed by atoms with E-state index in [1.54, 1.807) is 14.0 Å². The van der Waals surface area contributed by atoms with Gasteiger partial charge in [0.2, 0.25) is 5.91 Å². The fourth-order valence-electron chi connectivity index (χ4n) is 17.2. The van der Waals surface area contributed by atoms with E-state index in [1.165, 1.54) is 34.3 Å². The summed E-state index contributed by atoms with van der Waals surface area (Å²) in [5.74, 6) is -5.54. The number of ketones is 2. The van der Waals surface area contributed by atoms with Crippen molar-refractivity contribution in [3.05, 3.63) is 82.8 Å². The highest BCUT2D eigenvalue weighted by atomic mass is 33.1. The van der Waals surface area contributed by atoms with Crippen molar-refractivity contribution in [3.8, 4) is 5.75 Å². The fourth-order valence-corrected chi connectivity index (χ4v) is 19.3. The van der Waals surface area contributed by atoms with Crippen LogP contribution >= 0.6 is 21.6 Å². The number of carboxylic acid groups (broad SMARTS) is 2. The molecule has 11 N–H and O–H groups in total. The molecule has 7 aliphatic rings. The first-order valence-electron chi connectivity index (χ1n) is 34.1. The predicted molar refractivity (Wildman–Crippen MR) is 361 cm³/mol. The summed E-state index contributed by atoms with van der Waals surface area (Å²) in [5.41, 5.74) is 0.198. The number of carbonyl (C=O) groups is 6. The fraction of sp³-hybridized carbons (Fsp3) is 0.647. The summed E-state index contributed by atoms with van der Waals surface area (Å²) in [4.78, 5) is 102. The molecular weight excluding hydrogens is 1330 g/mol. The van der Waals surface area contributed by atoms with Gasteiger partial charge >= 0.3 is 18.0 Å². The van der Waals surface area contributed by atoms with E-state index in [9.17, 15) is 64.8 Å². The van der Waals surface area contributed by atoms with Gasteiger partial charge in [0, 0.05) is 127 Å². The number of alkyl carbamates (subject to hydrolysis) is 1. The number of aromatic amines is 1. The number of rotatable bonds is 30. The second-order valence-corrected chi connectivity index (χ2v) is 30.1. The molecule has 0 radical (unpaired) electrons. The minimum absolute atomic E-state index is 0.0272. The number of nitrogens with zero attached hydrogens (tertiary/aromatic N) is 6. The summed E-state index contributed by atoms with van der Waals surface area (Å²) >= 11 is 0. The minimum atomic E-state index is -2.48. The topological polar surface area (TPSA) is 400 Å². The van der Waals surface area contributed by atoms with Gasteiger partial charge in [-0.25, -0.2) is 24.0 Å². The molecule has 29 nitrogen and oxygen atoms in total. The molecule has 11 rings (SSSR count). The molecule has 99 heavy (non-hydrogen) atoms. The molecule has 5 unspecified atom stereocenters. The second-order valence-electron chi connectivity index (χ2n) is 27.5. The van der Waals surface area contributed by atoms with Crippen LogP contribution in [0.3, 0.4) is 0 Å². The number of benzene rings is 2. The van der Waals surface area contributed by atoms with Gasteiger partial charge in [-0.3, -0.25) is 29.0 Å². The Balaban J connectivity index is 0.747. The average molecular weight is 1420 g/mol. The number of aromatic nitrogens is 4. The van der Waals surface area contributed by atoms with Crippen LogP contribution in [0, 0.1) is 17.3 Å². The highest BCUT2D eigenvalue weighted by Gasteiger charge is 2.78. The maximum atomic E-state index is 15.3. The SMILES string of the molecule is CCCC(=O)N[C@@H](Cc1cn(CCOC2OC(C(=O)O)C(O)[C@H](O)[C@@H]2O)nn1)C(=O)C[C@H](CSSCCOC(=O)NCC(=O)[C@@]1(O)[C@H](O)[C@]2(CC)C=CCN3CC[C@@]4(c5cc(C(OOC)[C@@H]6C[C@@H]7CN(CCc8c6[nH]c6ccccc86)C[C@](O)(CC)C7)c(OC)cc5N(C)[C@@H]14)[C@@H]32)C(=O)O. The number of aliphatic hydroxyl groups is 6. The average Bonchev–Trinajstić information content (AvgIpc) is 1.50. The van der Waals surface area contributed by atoms with Crippen LogP contribution in [0.5, 0.6) is 5.75 Å². The van der Waals surface area contributed by atoms with Crippen LogP contribution in [-0.4, -0.2) is 258 Å². The molecule has 2 aromatic heterocycles. The van der Waals surface area contributed by atoms with Gasteiger partial charge in [-0.15, -0.1) is 5.10 Å². The Bertz CT molecular complexity index is 3640. The molecule has 3 saturated heterocycles. The maximum absolute atomic E-state index is 15.3. The van der Waals surface area contributed by atoms with Crippen molar-refractivity contribution in [1.82, 2.24) is 40.4 Å². The number of aliphatic hydroxyl groups excluding tert-OH is 4. The number of methoxy groups -OCH3 is 1. The van der Waals surface area contributed by atoms with E-state index in [0.29, 0.717) is 75.2 Å². The monoisotopic (exact) mass is 1420 g/mol. The lowest BCUT2D eigenvalue weighted by atomic mass is 9.47. The van der Waals surface area contributed by atoms with E-state index in [1.807, 2.05) is 56.1 Å². The first-order chi connectivity index (χ1) is 47.4. The third-order valence-electron chi connectivity index (χ3n) is 21.7. The van der Waals surface area contributed by atoms with Crippen molar-refractivity contribution in [2.24, 2.45) is 17.3 Å². The van der Waals surface area contributed by atoms with Crippen molar-refractivity contribution in [2.75, 3.05) is 90.2 Å². The first-order valence-corrected chi connectivity index (χ1v) is 36.6. The third-order valence-corrected chi connectivity index (χ3v) is 24.2. The minimum Gasteiger partial charge on any atom is -0.496 e. The molecule has 4 fully saturated rings. The lowest BCUT2D eigenvalue weighted by Crippen LogP contribution is -2.81. The van der Waals surface area contributed by atoms with Crippen LogP contribution in [0.2, 0.25) is 0 Å². The van der Waals surface area contributed by atoms with Gasteiger partial charge in [-0.1, -0.05) is 77.9 Å². The molecule has 1 saturated carbocycles. The van der Waals surface area contributed by atoms with E-state index in [4.69, 9.17) is 28.7 Å². The largest absolute Gasteiger partial charge is 0.496 e. The van der Waals surface area contributed by atoms with Gasteiger partial charge in [0.15, 0.2) is 29.6 Å². The van der Waals surface area contributed by atoms with Gasteiger partial charge in [0.1, 0.15) is 42.9 Å². The van der Waals surface area contributed by atoms with Crippen LogP contribution < -0.4 is 20.3 Å². The van der Waals surface area contributed by atoms with Gasteiger partial charge in [0.25, 0.3) is 0 Å². The number of para-hydroxylation sites is 1. The Labute approximate surface area is 580 Å². The zero-order valence-electron chi connectivity index (χ0n) is 56.5. The van der Waals surface area contributed by atoms with E-state index in [-0.39, 0.29) is 61.6 Å². The van der Waals surface area contributed by atoms with Crippen LogP contribution in [0.25, 0.3) is 10.9 Å². The molecule has 2 aromatic carbocycles. The van der Waals surface area contributed by atoms with Crippen molar-refractivity contribution in [1.29, 1.82) is 0 Å². The van der Waals surface area contributed by atoms with Crippen molar-refractivity contribution in [3.63, 3.8) is 0 Å². The molecule has 1 spiro atoms. The summed E-state index contributed by atoms with van der Waals surface area (Å²) in [6.07, 6.45) is -3.57. The number of anilines is 1. The highest BCUT2D eigenvalue weighted by molar-refractivity contribution is 8.76. The van der Waals surface area contributed by atoms with Gasteiger partial charge < -0.3 is 80.3 Å². The summed E-state index contributed by atoms with van der Waals surface area (Å²) in [6.45, 7) is 7.96. The molecular formula is C68H93N9O20S2. The Morgan fingerprint density at radius 2 is 1.74 bits per heavy atom. The maximum Gasteiger partial charge on any atom is 0.407 e. The number of Topliss-reactive ketones (excluding diaryl/α,β-unsaturated/α-hetero) is 2. The Morgan fingerprint density at radius 3 is 2.46 bits per heavy atom. The van der Waals surface area contributed by atoms with Crippen LogP contribution in [0.4, 0.5) is 10.5 Å². The zero-order chi connectivity index (χ0) is 70.9. The highest BCUT2D eigenvalue weighted by Crippen LogP contribution is 2.67. The molecule has 2 amide bonds. The molecule has 8 heterocycles. The van der Waals surface area contributed by atoms with E-state index in [0.717, 1.165) is 52.5 Å². The van der Waals surface area contributed by atoms with Crippen LogP contribution in [0.1, 0.15) is 112 Å². The van der Waals surface area contributed by atoms with Gasteiger partial charge in [-0.2, -0.15) is 0 Å². The lowest BCUT2D eigenvalue weighted by Gasteiger charge is -2.63. The number of carbonyl (C=O) groups excluding carboxylic acids is 4. The van der Waals surface area contributed by atoms with Crippen molar-refractivity contribution >= 4 is 73.7 Å². The van der Waals surface area contributed by atoms with Crippen LogP contribution in [0.15, 0.2) is 54.7 Å². The van der Waals surface area contributed by atoms with Gasteiger partial charge in [0.05, 0.1) is 63.2 Å². The number of hydrogen-bond acceptors (Lipinski definition) is 25. The Kier molecular flexibility index (Phi) is 22.9. The van der Waals surface area contributed by atoms with E-state index >= 15 is 4.79 Å². The van der Waals surface area contributed by atoms with Crippen molar-refractivity contribution in [2.45, 2.75) is 175 Å². The normalized spacial score (nSPS) is 31.7. The summed E-state index contributed by atoms with van der Waals surface area (Å²) in [6, 6.07) is 9.70. The predicted octanol–water partition coefficient (Wildman–Crippen LogP) is 2.56. The summed E-state index contributed by atoms with van der Waals surface area (Å²) < 4.78 is 23.7. The first kappa shape index (κ1) is 73.9. The molecule has 2 bridgehead atoms. The number of aliphatic carboxylic acids is 2. The quantitative estimate of drug-likeness (QED) is 0.0117. The number of fused-ring (bicyclic) bond motifs is 6. The molecule has 18 atom stereocenters. The smallest absolute Gasteiger partial charge is 0.407 e. The summed E-state index contributed by atoms with van der Waals surface area (Å²) in [7, 11) is 7.21. The molecule has 4 aromatic rings. The Morgan fingerprint density at radius 1 is 0.949 bits per heavy atom. The van der Waals surface area contributed by atoms with E-state index in [2.05, 4.69) is 53.9 Å². The van der Waals surface area contributed by atoms with Crippen molar-refractivity contribution < 1.29 is 98.3 Å². The summed E-state index contributed by atoms with van der Waals surface area (Å²) in [5, 5.41) is 103. The molecule has 1 aliphatic carbocycles. The number of ether oxygens (including phenoxy) is 4. The second kappa shape index (κ2) is 30.7.